The summed E-state index contributed by atoms with van der Waals surface area (Å²) in [6.45, 7) is 4.51. The number of rotatable bonds is 5. The molecule has 0 aliphatic carbocycles. The molecular weight excluding hydrogens is 260 g/mol. The number of nitrogens with zero attached hydrogens (tertiary/aromatic N) is 2. The molecule has 20 heavy (non-hydrogen) atoms. The summed E-state index contributed by atoms with van der Waals surface area (Å²) in [5, 5.41) is 3.28. The summed E-state index contributed by atoms with van der Waals surface area (Å²) in [5.74, 6) is -1.09. The lowest BCUT2D eigenvalue weighted by molar-refractivity contribution is 0.551. The highest BCUT2D eigenvalue weighted by Crippen LogP contribution is 2.12. The van der Waals surface area contributed by atoms with Gasteiger partial charge in [-0.25, -0.2) is 8.78 Å². The van der Waals surface area contributed by atoms with Crippen LogP contribution in [0.4, 0.5) is 8.78 Å². The third-order valence-corrected chi connectivity index (χ3v) is 3.12. The van der Waals surface area contributed by atoms with E-state index in [1.165, 1.54) is 12.1 Å². The summed E-state index contributed by atoms with van der Waals surface area (Å²) in [6, 6.07) is 3.62. The molecule has 0 aliphatic heterocycles. The zero-order valence-corrected chi connectivity index (χ0v) is 11.5. The van der Waals surface area contributed by atoms with Crippen LogP contribution >= 0.6 is 0 Å². The fraction of sp³-hybridized carbons (Fsp3) is 0.333. The molecule has 2 rings (SSSR count). The van der Waals surface area contributed by atoms with E-state index in [1.54, 1.807) is 12.4 Å². The molecule has 1 unspecified atom stereocenters. The molecule has 0 fully saturated rings. The van der Waals surface area contributed by atoms with Gasteiger partial charge >= 0.3 is 0 Å². The predicted molar refractivity (Wildman–Crippen MR) is 73.2 cm³/mol. The standard InChI is InChI=1S/C15H17F2N3/c1-10(15-11(2)19-5-6-20-15)18-4-3-12-7-13(16)9-14(17)8-12/h5-10,18H,3-4H2,1-2H3. The van der Waals surface area contributed by atoms with E-state index in [2.05, 4.69) is 15.3 Å². The van der Waals surface area contributed by atoms with Gasteiger partial charge in [-0.05, 0) is 44.5 Å². The van der Waals surface area contributed by atoms with Gasteiger partial charge in [0.2, 0.25) is 0 Å². The number of aromatic nitrogens is 2. The van der Waals surface area contributed by atoms with E-state index in [-0.39, 0.29) is 6.04 Å². The molecule has 1 atom stereocenters. The molecule has 5 heteroatoms. The fourth-order valence-corrected chi connectivity index (χ4v) is 2.13. The summed E-state index contributed by atoms with van der Waals surface area (Å²) in [4.78, 5) is 8.48. The first-order valence-electron chi connectivity index (χ1n) is 6.52. The minimum absolute atomic E-state index is 0.0436. The number of hydrogen-bond donors (Lipinski definition) is 1. The second-order valence-corrected chi connectivity index (χ2v) is 4.73. The highest BCUT2D eigenvalue weighted by molar-refractivity contribution is 5.18. The van der Waals surface area contributed by atoms with Crippen molar-refractivity contribution in [3.8, 4) is 0 Å². The molecular formula is C15H17F2N3. The Labute approximate surface area is 117 Å². The first-order valence-corrected chi connectivity index (χ1v) is 6.52. The Bertz CT molecular complexity index is 567. The van der Waals surface area contributed by atoms with Gasteiger partial charge in [-0.2, -0.15) is 0 Å². The van der Waals surface area contributed by atoms with Crippen LogP contribution in [0.5, 0.6) is 0 Å². The molecule has 3 nitrogen and oxygen atoms in total. The van der Waals surface area contributed by atoms with E-state index < -0.39 is 11.6 Å². The fourth-order valence-electron chi connectivity index (χ4n) is 2.13. The first-order chi connectivity index (χ1) is 9.56. The number of halogens is 2. The monoisotopic (exact) mass is 277 g/mol. The maximum Gasteiger partial charge on any atom is 0.126 e. The molecule has 0 radical (unpaired) electrons. The molecule has 0 amide bonds. The van der Waals surface area contributed by atoms with Crippen molar-refractivity contribution in [1.29, 1.82) is 0 Å². The molecule has 0 bridgehead atoms. The van der Waals surface area contributed by atoms with Gasteiger partial charge in [-0.3, -0.25) is 9.97 Å². The van der Waals surface area contributed by atoms with Gasteiger partial charge in [0, 0.05) is 24.5 Å². The Hall–Kier alpha value is -1.88. The van der Waals surface area contributed by atoms with E-state index in [9.17, 15) is 8.78 Å². The third kappa shape index (κ3) is 3.81. The summed E-state index contributed by atoms with van der Waals surface area (Å²) >= 11 is 0. The average molecular weight is 277 g/mol. The normalized spacial score (nSPS) is 12.4. The van der Waals surface area contributed by atoms with Crippen LogP contribution in [0.15, 0.2) is 30.6 Å². The minimum atomic E-state index is -0.544. The van der Waals surface area contributed by atoms with Crippen LogP contribution in [0, 0.1) is 18.6 Å². The van der Waals surface area contributed by atoms with E-state index in [0.717, 1.165) is 17.5 Å². The van der Waals surface area contributed by atoms with Crippen LogP contribution in [0.2, 0.25) is 0 Å². The summed E-state index contributed by atoms with van der Waals surface area (Å²) in [7, 11) is 0. The number of hydrogen-bond acceptors (Lipinski definition) is 3. The molecule has 0 spiro atoms. The zero-order valence-electron chi connectivity index (χ0n) is 11.5. The van der Waals surface area contributed by atoms with Gasteiger partial charge in [0.25, 0.3) is 0 Å². The van der Waals surface area contributed by atoms with Gasteiger partial charge in [-0.1, -0.05) is 0 Å². The van der Waals surface area contributed by atoms with Crippen LogP contribution in [0.1, 0.15) is 29.9 Å². The quantitative estimate of drug-likeness (QED) is 0.913. The Morgan fingerprint density at radius 1 is 1.10 bits per heavy atom. The molecule has 0 saturated carbocycles. The van der Waals surface area contributed by atoms with E-state index >= 15 is 0 Å². The highest BCUT2D eigenvalue weighted by atomic mass is 19.1. The predicted octanol–water partition coefficient (Wildman–Crippen LogP) is 2.96. The number of nitrogens with one attached hydrogen (secondary N) is 1. The molecule has 2 aromatic rings. The van der Waals surface area contributed by atoms with Crippen molar-refractivity contribution < 1.29 is 8.78 Å². The molecule has 1 N–H and O–H groups in total. The van der Waals surface area contributed by atoms with Crippen LogP contribution in [-0.4, -0.2) is 16.5 Å². The van der Waals surface area contributed by atoms with Gasteiger partial charge in [0.05, 0.1) is 11.4 Å². The lowest BCUT2D eigenvalue weighted by atomic mass is 10.1. The summed E-state index contributed by atoms with van der Waals surface area (Å²) in [6.07, 6.45) is 3.86. The smallest absolute Gasteiger partial charge is 0.126 e. The Balaban J connectivity index is 1.91. The van der Waals surface area contributed by atoms with Crippen molar-refractivity contribution in [2.75, 3.05) is 6.54 Å². The summed E-state index contributed by atoms with van der Waals surface area (Å²) in [5.41, 5.74) is 2.40. The molecule has 0 aliphatic rings. The maximum atomic E-state index is 13.1. The lowest BCUT2D eigenvalue weighted by Gasteiger charge is -2.14. The summed E-state index contributed by atoms with van der Waals surface area (Å²) < 4.78 is 26.1. The molecule has 1 heterocycles. The Kier molecular flexibility index (Phi) is 4.74. The third-order valence-electron chi connectivity index (χ3n) is 3.12. The maximum absolute atomic E-state index is 13.1. The lowest BCUT2D eigenvalue weighted by Crippen LogP contribution is -2.23. The Morgan fingerprint density at radius 3 is 2.40 bits per heavy atom. The van der Waals surface area contributed by atoms with Crippen LogP contribution < -0.4 is 5.32 Å². The van der Waals surface area contributed by atoms with Crippen molar-refractivity contribution in [3.05, 3.63) is 59.2 Å². The minimum Gasteiger partial charge on any atom is -0.308 e. The van der Waals surface area contributed by atoms with Crippen LogP contribution in [0.3, 0.4) is 0 Å². The molecule has 0 saturated heterocycles. The van der Waals surface area contributed by atoms with Crippen molar-refractivity contribution in [2.45, 2.75) is 26.3 Å². The molecule has 1 aromatic heterocycles. The van der Waals surface area contributed by atoms with Crippen molar-refractivity contribution >= 4 is 0 Å². The van der Waals surface area contributed by atoms with Gasteiger partial charge in [0.15, 0.2) is 0 Å². The van der Waals surface area contributed by atoms with Crippen molar-refractivity contribution in [1.82, 2.24) is 15.3 Å². The van der Waals surface area contributed by atoms with Crippen LogP contribution in [0.25, 0.3) is 0 Å². The zero-order chi connectivity index (χ0) is 14.5. The van der Waals surface area contributed by atoms with Crippen LogP contribution in [-0.2, 0) is 6.42 Å². The number of benzene rings is 1. The van der Waals surface area contributed by atoms with Gasteiger partial charge < -0.3 is 5.32 Å². The van der Waals surface area contributed by atoms with E-state index in [1.807, 2.05) is 13.8 Å². The van der Waals surface area contributed by atoms with E-state index in [4.69, 9.17) is 0 Å². The van der Waals surface area contributed by atoms with E-state index in [0.29, 0.717) is 18.5 Å². The van der Waals surface area contributed by atoms with Crippen molar-refractivity contribution in [2.24, 2.45) is 0 Å². The number of aryl methyl sites for hydroxylation is 1. The van der Waals surface area contributed by atoms with Gasteiger partial charge in [0.1, 0.15) is 11.6 Å². The molecule has 106 valence electrons. The Morgan fingerprint density at radius 2 is 1.75 bits per heavy atom. The first kappa shape index (κ1) is 14.5. The van der Waals surface area contributed by atoms with Crippen molar-refractivity contribution in [3.63, 3.8) is 0 Å². The topological polar surface area (TPSA) is 37.8 Å². The highest BCUT2D eigenvalue weighted by Gasteiger charge is 2.09. The second kappa shape index (κ2) is 6.52. The van der Waals surface area contributed by atoms with Gasteiger partial charge in [-0.15, -0.1) is 0 Å². The SMILES string of the molecule is Cc1nccnc1C(C)NCCc1cc(F)cc(F)c1. The second-order valence-electron chi connectivity index (χ2n) is 4.73. The average Bonchev–Trinajstić information content (AvgIpc) is 2.38. The molecule has 1 aromatic carbocycles. The largest absolute Gasteiger partial charge is 0.308 e.